The van der Waals surface area contributed by atoms with E-state index >= 15 is 0 Å². The van der Waals surface area contributed by atoms with Crippen LogP contribution < -0.4 is 0 Å². The summed E-state index contributed by atoms with van der Waals surface area (Å²) in [5, 5.41) is 2.67. The second-order valence-corrected chi connectivity index (χ2v) is 6.82. The third-order valence-corrected chi connectivity index (χ3v) is 4.51. The van der Waals surface area contributed by atoms with Gasteiger partial charge in [-0.25, -0.2) is 19.6 Å². The van der Waals surface area contributed by atoms with Gasteiger partial charge in [0.25, 0.3) is 0 Å². The van der Waals surface area contributed by atoms with E-state index < -0.39 is 12.2 Å². The lowest BCUT2D eigenvalue weighted by Crippen LogP contribution is -2.69. The summed E-state index contributed by atoms with van der Waals surface area (Å²) in [7, 11) is 0. The number of rotatable bonds is 5. The minimum absolute atomic E-state index is 0.0856. The molecule has 0 N–H and O–H groups in total. The second-order valence-electron chi connectivity index (χ2n) is 6.82. The Balaban J connectivity index is 1.59. The Morgan fingerprint density at radius 1 is 0.889 bits per heavy atom. The number of hydrazine groups is 1. The van der Waals surface area contributed by atoms with Crippen molar-refractivity contribution in [2.75, 3.05) is 6.54 Å². The predicted octanol–water partition coefficient (Wildman–Crippen LogP) is 4.22. The van der Waals surface area contributed by atoms with E-state index in [0.29, 0.717) is 6.54 Å². The van der Waals surface area contributed by atoms with E-state index in [2.05, 4.69) is 0 Å². The molecule has 2 aromatic carbocycles. The van der Waals surface area contributed by atoms with Gasteiger partial charge < -0.3 is 9.47 Å². The quantitative estimate of drug-likeness (QED) is 0.793. The molecule has 0 bridgehead atoms. The molecular weight excluding hydrogens is 344 g/mol. The molecule has 27 heavy (non-hydrogen) atoms. The van der Waals surface area contributed by atoms with Crippen molar-refractivity contribution in [3.8, 4) is 0 Å². The molecule has 2 aromatic rings. The van der Waals surface area contributed by atoms with E-state index in [-0.39, 0.29) is 25.2 Å². The van der Waals surface area contributed by atoms with Gasteiger partial charge in [-0.1, -0.05) is 74.5 Å². The molecule has 1 fully saturated rings. The summed E-state index contributed by atoms with van der Waals surface area (Å²) in [6, 6.07) is 18.8. The maximum Gasteiger partial charge on any atom is 0.429 e. The van der Waals surface area contributed by atoms with Gasteiger partial charge in [0, 0.05) is 0 Å². The molecule has 1 heterocycles. The molecule has 0 aromatic heterocycles. The topological polar surface area (TPSA) is 59.1 Å². The van der Waals surface area contributed by atoms with Gasteiger partial charge in [0.1, 0.15) is 13.2 Å². The predicted molar refractivity (Wildman–Crippen MR) is 100 cm³/mol. The van der Waals surface area contributed by atoms with E-state index in [1.54, 1.807) is 0 Å². The van der Waals surface area contributed by atoms with Crippen molar-refractivity contribution in [2.45, 2.75) is 33.1 Å². The van der Waals surface area contributed by atoms with Gasteiger partial charge in [-0.3, -0.25) is 0 Å². The monoisotopic (exact) mass is 368 g/mol. The number of ether oxygens (including phenoxy) is 2. The zero-order chi connectivity index (χ0) is 19.2. The summed E-state index contributed by atoms with van der Waals surface area (Å²) in [4.78, 5) is 25.0. The van der Waals surface area contributed by atoms with Crippen LogP contribution in [0.15, 0.2) is 60.7 Å². The normalized spacial score (nSPS) is 16.0. The van der Waals surface area contributed by atoms with Crippen LogP contribution in [0.2, 0.25) is 0 Å². The van der Waals surface area contributed by atoms with Gasteiger partial charge in [0.15, 0.2) is 0 Å². The van der Waals surface area contributed by atoms with E-state index in [1.807, 2.05) is 74.5 Å². The SMILES string of the molecule is CC(C)C1CN(C(=O)OCc2ccccc2)N1C(=O)OCc1ccccc1. The molecular formula is C21H24N2O4. The lowest BCUT2D eigenvalue weighted by Gasteiger charge is -2.50. The van der Waals surface area contributed by atoms with Gasteiger partial charge >= 0.3 is 12.2 Å². The largest absolute Gasteiger partial charge is 0.443 e. The van der Waals surface area contributed by atoms with Crippen LogP contribution in [-0.2, 0) is 22.7 Å². The summed E-state index contributed by atoms with van der Waals surface area (Å²) >= 11 is 0. The molecule has 3 rings (SSSR count). The van der Waals surface area contributed by atoms with Crippen molar-refractivity contribution in [1.29, 1.82) is 0 Å². The average molecular weight is 368 g/mol. The van der Waals surface area contributed by atoms with Crippen LogP contribution in [0.5, 0.6) is 0 Å². The molecule has 1 unspecified atom stereocenters. The molecule has 1 saturated heterocycles. The van der Waals surface area contributed by atoms with E-state index in [4.69, 9.17) is 9.47 Å². The van der Waals surface area contributed by atoms with E-state index in [1.165, 1.54) is 10.0 Å². The molecule has 0 spiro atoms. The lowest BCUT2D eigenvalue weighted by molar-refractivity contribution is -0.136. The van der Waals surface area contributed by atoms with Crippen molar-refractivity contribution < 1.29 is 19.1 Å². The molecule has 0 radical (unpaired) electrons. The molecule has 0 saturated carbocycles. The first-order valence-electron chi connectivity index (χ1n) is 9.04. The first-order valence-corrected chi connectivity index (χ1v) is 9.04. The Kier molecular flexibility index (Phi) is 5.96. The summed E-state index contributed by atoms with van der Waals surface area (Å²) in [5.41, 5.74) is 1.79. The highest BCUT2D eigenvalue weighted by molar-refractivity contribution is 5.76. The van der Waals surface area contributed by atoms with Crippen molar-refractivity contribution in [3.63, 3.8) is 0 Å². The Hall–Kier alpha value is -3.02. The highest BCUT2D eigenvalue weighted by Crippen LogP contribution is 2.27. The minimum atomic E-state index is -0.549. The number of hydrogen-bond donors (Lipinski definition) is 0. The maximum atomic E-state index is 12.6. The highest BCUT2D eigenvalue weighted by atomic mass is 16.6. The Morgan fingerprint density at radius 2 is 1.37 bits per heavy atom. The van der Waals surface area contributed by atoms with E-state index in [9.17, 15) is 9.59 Å². The smallest absolute Gasteiger partial charge is 0.429 e. The maximum absolute atomic E-state index is 12.6. The fourth-order valence-corrected chi connectivity index (χ4v) is 2.89. The van der Waals surface area contributed by atoms with Gasteiger partial charge in [0.2, 0.25) is 0 Å². The number of amides is 2. The minimum Gasteiger partial charge on any atom is -0.443 e. The highest BCUT2D eigenvalue weighted by Gasteiger charge is 2.46. The summed E-state index contributed by atoms with van der Waals surface area (Å²) < 4.78 is 10.7. The number of carbonyl (C=O) groups excluding carboxylic acids is 2. The molecule has 1 aliphatic heterocycles. The molecule has 2 amide bonds. The zero-order valence-corrected chi connectivity index (χ0v) is 15.6. The first-order chi connectivity index (χ1) is 13.1. The van der Waals surface area contributed by atoms with Gasteiger partial charge in [-0.05, 0) is 17.0 Å². The molecule has 1 atom stereocenters. The standard InChI is InChI=1S/C21H24N2O4/c1-16(2)19-13-22(20(24)26-14-17-9-5-3-6-10-17)23(19)21(25)27-15-18-11-7-4-8-12-18/h3-12,16,19H,13-15H2,1-2H3. The first kappa shape index (κ1) is 18.8. The van der Waals surface area contributed by atoms with Crippen molar-refractivity contribution >= 4 is 12.2 Å². The van der Waals surface area contributed by atoms with Crippen LogP contribution in [0, 0.1) is 5.92 Å². The number of carbonyl (C=O) groups is 2. The Morgan fingerprint density at radius 3 is 1.85 bits per heavy atom. The molecule has 0 aliphatic carbocycles. The molecule has 142 valence electrons. The van der Waals surface area contributed by atoms with Crippen molar-refractivity contribution in [1.82, 2.24) is 10.0 Å². The van der Waals surface area contributed by atoms with Gasteiger partial charge in [-0.2, -0.15) is 0 Å². The summed E-state index contributed by atoms with van der Waals surface area (Å²) in [6.45, 7) is 4.78. The zero-order valence-electron chi connectivity index (χ0n) is 15.6. The Labute approximate surface area is 159 Å². The number of benzene rings is 2. The molecule has 1 aliphatic rings. The Bertz CT molecular complexity index is 764. The second kappa shape index (κ2) is 8.58. The molecule has 6 nitrogen and oxygen atoms in total. The van der Waals surface area contributed by atoms with Crippen LogP contribution in [-0.4, -0.2) is 34.8 Å². The van der Waals surface area contributed by atoms with Crippen LogP contribution >= 0.6 is 0 Å². The number of hydrogen-bond acceptors (Lipinski definition) is 4. The summed E-state index contributed by atoms with van der Waals surface area (Å²) in [6.07, 6.45) is -1.09. The van der Waals surface area contributed by atoms with Crippen molar-refractivity contribution in [3.05, 3.63) is 71.8 Å². The van der Waals surface area contributed by atoms with Crippen molar-refractivity contribution in [2.24, 2.45) is 5.92 Å². The fraction of sp³-hybridized carbons (Fsp3) is 0.333. The summed E-state index contributed by atoms with van der Waals surface area (Å²) in [5.74, 6) is 0.201. The van der Waals surface area contributed by atoms with Crippen LogP contribution in [0.3, 0.4) is 0 Å². The van der Waals surface area contributed by atoms with Crippen LogP contribution in [0.25, 0.3) is 0 Å². The third kappa shape index (κ3) is 4.58. The van der Waals surface area contributed by atoms with E-state index in [0.717, 1.165) is 11.1 Å². The van der Waals surface area contributed by atoms with Gasteiger partial charge in [0.05, 0.1) is 12.6 Å². The molecule has 6 heteroatoms. The van der Waals surface area contributed by atoms with Crippen LogP contribution in [0.4, 0.5) is 9.59 Å². The van der Waals surface area contributed by atoms with Crippen LogP contribution in [0.1, 0.15) is 25.0 Å². The fourth-order valence-electron chi connectivity index (χ4n) is 2.89. The van der Waals surface area contributed by atoms with Gasteiger partial charge in [-0.15, -0.1) is 0 Å². The average Bonchev–Trinajstić information content (AvgIpc) is 2.65. The number of nitrogens with zero attached hydrogens (tertiary/aromatic N) is 2. The lowest BCUT2D eigenvalue weighted by atomic mass is 10.0. The third-order valence-electron chi connectivity index (χ3n) is 4.51.